The number of rotatable bonds is 4. The molecule has 2 saturated carbocycles. The Morgan fingerprint density at radius 3 is 2.81 bits per heavy atom. The molecule has 2 fully saturated rings. The van der Waals surface area contributed by atoms with Crippen molar-refractivity contribution in [2.45, 2.75) is 37.5 Å². The highest BCUT2D eigenvalue weighted by Crippen LogP contribution is 2.69. The van der Waals surface area contributed by atoms with Crippen LogP contribution in [0.4, 0.5) is 16.0 Å². The average Bonchev–Trinajstić information content (AvgIpc) is 3.27. The number of pyridine rings is 1. The third-order valence-corrected chi connectivity index (χ3v) is 7.46. The van der Waals surface area contributed by atoms with Gasteiger partial charge in [-0.15, -0.1) is 0 Å². The molecule has 6 rings (SSSR count). The number of anilines is 2. The minimum absolute atomic E-state index is 0.115. The van der Waals surface area contributed by atoms with Gasteiger partial charge in [0.15, 0.2) is 11.6 Å². The molecule has 0 spiro atoms. The number of hydrogen-bond acceptors (Lipinski definition) is 7. The fourth-order valence-corrected chi connectivity index (χ4v) is 5.68. The molecule has 0 aliphatic heterocycles. The van der Waals surface area contributed by atoms with E-state index < -0.39 is 18.0 Å². The highest BCUT2D eigenvalue weighted by Gasteiger charge is 2.70. The highest BCUT2D eigenvalue weighted by molar-refractivity contribution is 5.86. The van der Waals surface area contributed by atoms with Gasteiger partial charge in [-0.05, 0) is 48.9 Å². The molecule has 0 saturated heterocycles. The Kier molecular flexibility index (Phi) is 4.00. The van der Waals surface area contributed by atoms with Crippen molar-refractivity contribution >= 4 is 33.6 Å². The number of nitrogen functional groups attached to an aromatic ring is 2. The van der Waals surface area contributed by atoms with Gasteiger partial charge in [-0.1, -0.05) is 12.1 Å². The van der Waals surface area contributed by atoms with Crippen molar-refractivity contribution in [2.24, 2.45) is 11.3 Å². The zero-order chi connectivity index (χ0) is 22.2. The SMILES string of the molecule is Nc1nc2cc(CC[C@]34C[C@@H]3[C@@H](n3ccc5c(N)ncnc53)[C@H](O)[C@@H]4O)ccc2cc1F. The van der Waals surface area contributed by atoms with Crippen molar-refractivity contribution in [2.75, 3.05) is 11.5 Å². The quantitative estimate of drug-likeness (QED) is 0.386. The van der Waals surface area contributed by atoms with E-state index in [9.17, 15) is 14.6 Å². The summed E-state index contributed by atoms with van der Waals surface area (Å²) < 4.78 is 15.6. The van der Waals surface area contributed by atoms with Crippen molar-refractivity contribution in [1.29, 1.82) is 0 Å². The second-order valence-electron chi connectivity index (χ2n) is 9.07. The lowest BCUT2D eigenvalue weighted by molar-refractivity contribution is -0.0191. The van der Waals surface area contributed by atoms with Crippen LogP contribution >= 0.6 is 0 Å². The predicted octanol–water partition coefficient (Wildman–Crippen LogP) is 2.20. The maximum Gasteiger partial charge on any atom is 0.165 e. The van der Waals surface area contributed by atoms with E-state index in [-0.39, 0.29) is 23.2 Å². The summed E-state index contributed by atoms with van der Waals surface area (Å²) in [5.74, 6) is -0.100. The molecule has 3 aromatic heterocycles. The number of aliphatic hydroxyl groups is 2. The van der Waals surface area contributed by atoms with Crippen LogP contribution in [0.2, 0.25) is 0 Å². The zero-order valence-corrected chi connectivity index (χ0v) is 17.2. The lowest BCUT2D eigenvalue weighted by Crippen LogP contribution is -2.34. The second-order valence-corrected chi connectivity index (χ2v) is 9.07. The molecular weight excluding hydrogens is 411 g/mol. The van der Waals surface area contributed by atoms with Gasteiger partial charge in [0.05, 0.1) is 23.0 Å². The molecule has 5 atom stereocenters. The van der Waals surface area contributed by atoms with Crippen LogP contribution in [0, 0.1) is 17.2 Å². The first-order valence-corrected chi connectivity index (χ1v) is 10.7. The number of hydrogen-bond donors (Lipinski definition) is 4. The fourth-order valence-electron chi connectivity index (χ4n) is 5.68. The smallest absolute Gasteiger partial charge is 0.165 e. The monoisotopic (exact) mass is 434 g/mol. The van der Waals surface area contributed by atoms with E-state index in [1.165, 1.54) is 12.4 Å². The molecule has 0 amide bonds. The topological polar surface area (TPSA) is 136 Å². The minimum Gasteiger partial charge on any atom is -0.390 e. The summed E-state index contributed by atoms with van der Waals surface area (Å²) in [6.07, 6.45) is 3.84. The van der Waals surface area contributed by atoms with Crippen molar-refractivity contribution in [1.82, 2.24) is 19.5 Å². The van der Waals surface area contributed by atoms with Crippen molar-refractivity contribution < 1.29 is 14.6 Å². The molecule has 32 heavy (non-hydrogen) atoms. The van der Waals surface area contributed by atoms with Crippen molar-refractivity contribution in [3.63, 3.8) is 0 Å². The van der Waals surface area contributed by atoms with Gasteiger partial charge in [0.25, 0.3) is 0 Å². The third-order valence-electron chi connectivity index (χ3n) is 7.46. The van der Waals surface area contributed by atoms with Gasteiger partial charge in [0, 0.05) is 17.0 Å². The summed E-state index contributed by atoms with van der Waals surface area (Å²) in [4.78, 5) is 12.5. The number of benzene rings is 1. The molecule has 2 aliphatic carbocycles. The first-order valence-electron chi connectivity index (χ1n) is 10.7. The Balaban J connectivity index is 1.26. The third kappa shape index (κ3) is 2.64. The molecule has 6 N–H and O–H groups in total. The zero-order valence-electron chi connectivity index (χ0n) is 17.2. The van der Waals surface area contributed by atoms with E-state index in [0.717, 1.165) is 23.8 Å². The molecule has 9 heteroatoms. The van der Waals surface area contributed by atoms with Crippen LogP contribution in [0.25, 0.3) is 21.9 Å². The molecule has 0 unspecified atom stereocenters. The van der Waals surface area contributed by atoms with Gasteiger partial charge < -0.3 is 26.2 Å². The molecular formula is C23H23FN6O2. The fraction of sp³-hybridized carbons (Fsp3) is 0.348. The Morgan fingerprint density at radius 1 is 1.12 bits per heavy atom. The van der Waals surface area contributed by atoms with Crippen LogP contribution < -0.4 is 11.5 Å². The minimum atomic E-state index is -0.887. The van der Waals surface area contributed by atoms with Crippen LogP contribution in [0.5, 0.6) is 0 Å². The number of nitrogens with zero attached hydrogens (tertiary/aromatic N) is 4. The molecule has 0 radical (unpaired) electrons. The maximum atomic E-state index is 13.7. The van der Waals surface area contributed by atoms with E-state index >= 15 is 0 Å². The average molecular weight is 434 g/mol. The largest absolute Gasteiger partial charge is 0.390 e. The summed E-state index contributed by atoms with van der Waals surface area (Å²) >= 11 is 0. The van der Waals surface area contributed by atoms with Crippen LogP contribution in [-0.4, -0.2) is 41.9 Å². The molecule has 2 aliphatic rings. The van der Waals surface area contributed by atoms with Crippen molar-refractivity contribution in [3.8, 4) is 0 Å². The highest BCUT2D eigenvalue weighted by atomic mass is 19.1. The van der Waals surface area contributed by atoms with Crippen LogP contribution in [0.15, 0.2) is 42.9 Å². The molecule has 0 bridgehead atoms. The van der Waals surface area contributed by atoms with E-state index in [0.29, 0.717) is 28.8 Å². The van der Waals surface area contributed by atoms with E-state index in [1.54, 1.807) is 0 Å². The number of aryl methyl sites for hydroxylation is 1. The van der Waals surface area contributed by atoms with Crippen LogP contribution in [0.1, 0.15) is 24.4 Å². The van der Waals surface area contributed by atoms with Crippen LogP contribution in [-0.2, 0) is 6.42 Å². The van der Waals surface area contributed by atoms with E-state index in [4.69, 9.17) is 11.5 Å². The molecule has 1 aromatic carbocycles. The van der Waals surface area contributed by atoms with Crippen molar-refractivity contribution in [3.05, 3.63) is 54.2 Å². The summed E-state index contributed by atoms with van der Waals surface area (Å²) in [6.45, 7) is 0. The first kappa shape index (κ1) is 19.4. The summed E-state index contributed by atoms with van der Waals surface area (Å²) in [5.41, 5.74) is 13.6. The summed E-state index contributed by atoms with van der Waals surface area (Å²) in [6, 6.07) is 8.66. The molecule has 3 heterocycles. The van der Waals surface area contributed by atoms with E-state index in [2.05, 4.69) is 15.0 Å². The van der Waals surface area contributed by atoms with E-state index in [1.807, 2.05) is 35.0 Å². The number of nitrogens with two attached hydrogens (primary N) is 2. The van der Waals surface area contributed by atoms with Gasteiger partial charge in [0.1, 0.15) is 23.9 Å². The predicted molar refractivity (Wildman–Crippen MR) is 118 cm³/mol. The molecule has 8 nitrogen and oxygen atoms in total. The maximum absolute atomic E-state index is 13.7. The molecule has 164 valence electrons. The Morgan fingerprint density at radius 2 is 1.97 bits per heavy atom. The number of aromatic nitrogens is 4. The van der Waals surface area contributed by atoms with Crippen LogP contribution in [0.3, 0.4) is 0 Å². The van der Waals surface area contributed by atoms with Gasteiger partial charge in [-0.3, -0.25) is 0 Å². The number of aliphatic hydroxyl groups excluding tert-OH is 2. The first-order chi connectivity index (χ1) is 15.4. The Hall–Kier alpha value is -3.30. The second kappa shape index (κ2) is 6.60. The normalized spacial score (nSPS) is 29.0. The lowest BCUT2D eigenvalue weighted by Gasteiger charge is -2.24. The Labute approximate surface area is 182 Å². The molecule has 4 aromatic rings. The summed E-state index contributed by atoms with van der Waals surface area (Å²) in [7, 11) is 0. The van der Waals surface area contributed by atoms with Gasteiger partial charge in [-0.25, -0.2) is 19.3 Å². The Bertz CT molecular complexity index is 1370. The van der Waals surface area contributed by atoms with Gasteiger partial charge in [0.2, 0.25) is 0 Å². The number of halogens is 1. The van der Waals surface area contributed by atoms with Gasteiger partial charge >= 0.3 is 0 Å². The lowest BCUT2D eigenvalue weighted by atomic mass is 9.91. The standard InChI is InChI=1S/C23H23FN6O2/c24-15-8-12-2-1-11(7-16(12)29-21(15)26)3-5-23-9-14(23)17(18(31)19(23)32)30-6-4-13-20(25)27-10-28-22(13)30/h1-2,4,6-8,10,14,17-19,31-32H,3,5,9H2,(H2,26,29)(H2,25,27,28)/t14-,17-,18+,19+,23+/m1/s1. The summed E-state index contributed by atoms with van der Waals surface area (Å²) in [5, 5.41) is 23.3. The number of fused-ring (bicyclic) bond motifs is 3. The van der Waals surface area contributed by atoms with Gasteiger partial charge in [-0.2, -0.15) is 0 Å².